The van der Waals surface area contributed by atoms with Crippen molar-refractivity contribution in [3.05, 3.63) is 0 Å². The predicted molar refractivity (Wildman–Crippen MR) is 46.0 cm³/mol. The van der Waals surface area contributed by atoms with Gasteiger partial charge in [-0.1, -0.05) is 0 Å². The molecule has 2 atom stereocenters. The van der Waals surface area contributed by atoms with Crippen molar-refractivity contribution in [1.82, 2.24) is 0 Å². The minimum atomic E-state index is -3.13. The van der Waals surface area contributed by atoms with Gasteiger partial charge in [0.25, 0.3) is 0 Å². The summed E-state index contributed by atoms with van der Waals surface area (Å²) in [7, 11) is -3.13. The molecule has 1 fully saturated rings. The Kier molecular flexibility index (Phi) is 2.96. The van der Waals surface area contributed by atoms with Crippen LogP contribution in [0.4, 0.5) is 0 Å². The second-order valence-corrected chi connectivity index (χ2v) is 5.58. The first-order valence-electron chi connectivity index (χ1n) is 3.95. The molecular formula is C7H14O5S. The summed E-state index contributed by atoms with van der Waals surface area (Å²) < 4.78 is 32.3. The lowest BCUT2D eigenvalue weighted by Gasteiger charge is -2.21. The fourth-order valence-corrected chi connectivity index (χ4v) is 2.44. The van der Waals surface area contributed by atoms with Gasteiger partial charge in [-0.2, -0.15) is 0 Å². The van der Waals surface area contributed by atoms with E-state index in [4.69, 9.17) is 14.6 Å². The molecule has 6 heteroatoms. The Hall–Kier alpha value is -0.170. The van der Waals surface area contributed by atoms with Crippen LogP contribution in [0.25, 0.3) is 0 Å². The number of aliphatic hydroxyl groups is 1. The smallest absolute Gasteiger partial charge is 0.180 e. The van der Waals surface area contributed by atoms with Crippen molar-refractivity contribution in [2.45, 2.75) is 18.8 Å². The fourth-order valence-electron chi connectivity index (χ4n) is 1.33. The Labute approximate surface area is 77.6 Å². The van der Waals surface area contributed by atoms with Crippen molar-refractivity contribution >= 4 is 9.84 Å². The van der Waals surface area contributed by atoms with Crippen LogP contribution >= 0.6 is 0 Å². The molecule has 1 aliphatic heterocycles. The lowest BCUT2D eigenvalue weighted by atomic mass is 10.4. The molecule has 0 radical (unpaired) electrons. The molecule has 1 N–H and O–H groups in total. The standard InChI is InChI=1S/C7H14O5S/c1-7(5-13(2,9)10)11-4-6(3-8)12-7/h6,8H,3-5H2,1-2H3/t6-,7+/m0/s1. The largest absolute Gasteiger partial charge is 0.394 e. The number of hydrogen-bond acceptors (Lipinski definition) is 5. The molecule has 5 nitrogen and oxygen atoms in total. The predicted octanol–water partition coefficient (Wildman–Crippen LogP) is -0.845. The second kappa shape index (κ2) is 3.53. The molecule has 78 valence electrons. The van der Waals surface area contributed by atoms with Crippen LogP contribution in [0.3, 0.4) is 0 Å². The maximum absolute atomic E-state index is 11.0. The SMILES string of the molecule is C[C@@]1(CS(C)(=O)=O)OC[C@H](CO)O1. The molecule has 0 bridgehead atoms. The van der Waals surface area contributed by atoms with Crippen molar-refractivity contribution in [2.24, 2.45) is 0 Å². The summed E-state index contributed by atoms with van der Waals surface area (Å²) in [5.41, 5.74) is 0. The van der Waals surface area contributed by atoms with Crippen molar-refractivity contribution < 1.29 is 23.0 Å². The highest BCUT2D eigenvalue weighted by Crippen LogP contribution is 2.24. The van der Waals surface area contributed by atoms with Crippen LogP contribution in [-0.2, 0) is 19.3 Å². The summed E-state index contributed by atoms with van der Waals surface area (Å²) in [5.74, 6) is -1.28. The van der Waals surface area contributed by atoms with Gasteiger partial charge in [0.15, 0.2) is 15.6 Å². The molecule has 0 spiro atoms. The maximum Gasteiger partial charge on any atom is 0.180 e. The van der Waals surface area contributed by atoms with E-state index in [2.05, 4.69) is 0 Å². The third kappa shape index (κ3) is 3.22. The van der Waals surface area contributed by atoms with E-state index in [1.807, 2.05) is 0 Å². The van der Waals surface area contributed by atoms with Crippen molar-refractivity contribution in [3.63, 3.8) is 0 Å². The first-order valence-corrected chi connectivity index (χ1v) is 6.01. The molecule has 0 aromatic carbocycles. The molecule has 1 saturated heterocycles. The minimum Gasteiger partial charge on any atom is -0.394 e. The van der Waals surface area contributed by atoms with E-state index in [-0.39, 0.29) is 19.0 Å². The van der Waals surface area contributed by atoms with Crippen LogP contribution in [0.5, 0.6) is 0 Å². The van der Waals surface area contributed by atoms with E-state index in [9.17, 15) is 8.42 Å². The van der Waals surface area contributed by atoms with Crippen LogP contribution < -0.4 is 0 Å². The molecule has 0 amide bonds. The van der Waals surface area contributed by atoms with Gasteiger partial charge < -0.3 is 14.6 Å². The molecular weight excluding hydrogens is 196 g/mol. The first kappa shape index (κ1) is 10.9. The average Bonchev–Trinajstić information content (AvgIpc) is 2.27. The molecule has 1 aliphatic rings. The Morgan fingerprint density at radius 1 is 1.62 bits per heavy atom. The van der Waals surface area contributed by atoms with Gasteiger partial charge in [-0.15, -0.1) is 0 Å². The van der Waals surface area contributed by atoms with Gasteiger partial charge in [0.1, 0.15) is 11.9 Å². The normalized spacial score (nSPS) is 35.2. The molecule has 0 saturated carbocycles. The number of rotatable bonds is 3. The summed E-state index contributed by atoms with van der Waals surface area (Å²) in [6, 6.07) is 0. The molecule has 0 aromatic rings. The molecule has 1 heterocycles. The minimum absolute atomic E-state index is 0.153. The van der Waals surface area contributed by atoms with Gasteiger partial charge in [0.05, 0.1) is 13.2 Å². The van der Waals surface area contributed by atoms with Crippen LogP contribution in [-0.4, -0.2) is 50.6 Å². The molecule has 13 heavy (non-hydrogen) atoms. The Morgan fingerprint density at radius 3 is 2.62 bits per heavy atom. The topological polar surface area (TPSA) is 72.8 Å². The maximum atomic E-state index is 11.0. The lowest BCUT2D eigenvalue weighted by Crippen LogP contribution is -2.35. The quantitative estimate of drug-likeness (QED) is 0.657. The van der Waals surface area contributed by atoms with Crippen LogP contribution in [0, 0.1) is 0 Å². The van der Waals surface area contributed by atoms with Crippen molar-refractivity contribution in [1.29, 1.82) is 0 Å². The van der Waals surface area contributed by atoms with Gasteiger partial charge in [0.2, 0.25) is 0 Å². The third-order valence-corrected chi connectivity index (χ3v) is 2.77. The average molecular weight is 210 g/mol. The summed E-state index contributed by atoms with van der Waals surface area (Å²) in [5, 5.41) is 8.74. The Morgan fingerprint density at radius 2 is 2.23 bits per heavy atom. The van der Waals surface area contributed by atoms with Gasteiger partial charge in [-0.25, -0.2) is 8.42 Å². The third-order valence-electron chi connectivity index (χ3n) is 1.72. The van der Waals surface area contributed by atoms with Crippen LogP contribution in [0.1, 0.15) is 6.92 Å². The number of aliphatic hydroxyl groups excluding tert-OH is 1. The van der Waals surface area contributed by atoms with E-state index in [0.29, 0.717) is 0 Å². The summed E-state index contributed by atoms with van der Waals surface area (Å²) in [6.45, 7) is 1.64. The Bertz CT molecular complexity index is 273. The molecule has 1 rings (SSSR count). The van der Waals surface area contributed by atoms with Crippen molar-refractivity contribution in [2.75, 3.05) is 25.2 Å². The van der Waals surface area contributed by atoms with Gasteiger partial charge in [-0.05, 0) is 6.92 Å². The number of ether oxygens (including phenoxy) is 2. The van der Waals surface area contributed by atoms with Crippen LogP contribution in [0.15, 0.2) is 0 Å². The van der Waals surface area contributed by atoms with E-state index in [0.717, 1.165) is 6.26 Å². The zero-order chi connectivity index (χ0) is 10.1. The second-order valence-electron chi connectivity index (χ2n) is 3.44. The van der Waals surface area contributed by atoms with Gasteiger partial charge in [-0.3, -0.25) is 0 Å². The highest BCUT2D eigenvalue weighted by molar-refractivity contribution is 7.90. The highest BCUT2D eigenvalue weighted by Gasteiger charge is 2.39. The molecule has 0 aromatic heterocycles. The fraction of sp³-hybridized carbons (Fsp3) is 1.00. The number of sulfone groups is 1. The zero-order valence-corrected chi connectivity index (χ0v) is 8.50. The Balaban J connectivity index is 2.60. The number of hydrogen-bond donors (Lipinski definition) is 1. The zero-order valence-electron chi connectivity index (χ0n) is 7.69. The molecule has 0 unspecified atom stereocenters. The highest BCUT2D eigenvalue weighted by atomic mass is 32.2. The summed E-state index contributed by atoms with van der Waals surface area (Å²) >= 11 is 0. The summed E-state index contributed by atoms with van der Waals surface area (Å²) in [6.07, 6.45) is 0.712. The van der Waals surface area contributed by atoms with E-state index in [1.165, 1.54) is 0 Å². The van der Waals surface area contributed by atoms with E-state index < -0.39 is 21.7 Å². The molecule has 0 aliphatic carbocycles. The van der Waals surface area contributed by atoms with E-state index in [1.54, 1.807) is 6.92 Å². The van der Waals surface area contributed by atoms with Crippen LogP contribution in [0.2, 0.25) is 0 Å². The first-order chi connectivity index (χ1) is 5.85. The lowest BCUT2D eigenvalue weighted by molar-refractivity contribution is -0.139. The van der Waals surface area contributed by atoms with Gasteiger partial charge in [0, 0.05) is 6.26 Å². The van der Waals surface area contributed by atoms with E-state index >= 15 is 0 Å². The monoisotopic (exact) mass is 210 g/mol. The summed E-state index contributed by atoms with van der Waals surface area (Å²) in [4.78, 5) is 0. The van der Waals surface area contributed by atoms with Crippen molar-refractivity contribution in [3.8, 4) is 0 Å². The van der Waals surface area contributed by atoms with Gasteiger partial charge >= 0.3 is 0 Å².